The lowest BCUT2D eigenvalue weighted by Gasteiger charge is -2.12. The van der Waals surface area contributed by atoms with Crippen molar-refractivity contribution in [3.05, 3.63) is 32.4 Å². The molecule has 1 saturated heterocycles. The average molecular weight is 419 g/mol. The van der Waals surface area contributed by atoms with Crippen molar-refractivity contribution in [2.24, 2.45) is 0 Å². The van der Waals surface area contributed by atoms with Crippen LogP contribution in [0.3, 0.4) is 0 Å². The molecular weight excluding hydrogens is 392 g/mol. The number of aliphatic hydroxyl groups is 1. The molecule has 0 aromatic carbocycles. The van der Waals surface area contributed by atoms with Gasteiger partial charge in [0.05, 0.1) is 19.3 Å². The smallest absolute Gasteiger partial charge is 0.328 e. The molecule has 0 spiro atoms. The average Bonchev–Trinajstić information content (AvgIpc) is 3.38. The van der Waals surface area contributed by atoms with E-state index in [0.717, 1.165) is 37.2 Å². The Labute approximate surface area is 172 Å². The van der Waals surface area contributed by atoms with Crippen LogP contribution >= 0.6 is 11.3 Å². The standard InChI is InChI=1S/C19H26N6O3S/c1-2-3-8-28-18-22-16(20)15-17(23-18)25(19(27)21-15)11-14-5-4-13(29-14)10-24-7-6-12(26)9-24/h4-5,12,26H,2-3,6-11H2,1H3,(H,21,27)(H2,20,22,23). The first kappa shape index (κ1) is 19.9. The van der Waals surface area contributed by atoms with Crippen LogP contribution in [0.25, 0.3) is 11.2 Å². The van der Waals surface area contributed by atoms with E-state index in [9.17, 15) is 9.90 Å². The number of likely N-dealkylation sites (tertiary alicyclic amines) is 1. The Bertz CT molecular complexity index is 1040. The van der Waals surface area contributed by atoms with Crippen LogP contribution in [0.5, 0.6) is 6.01 Å². The number of unbranched alkanes of at least 4 members (excludes halogenated alkanes) is 1. The molecule has 1 aliphatic heterocycles. The fraction of sp³-hybridized carbons (Fsp3) is 0.526. The number of nitrogen functional groups attached to an aromatic ring is 1. The topological polar surface area (TPSA) is 122 Å². The van der Waals surface area contributed by atoms with E-state index in [0.29, 0.717) is 30.9 Å². The molecule has 4 N–H and O–H groups in total. The van der Waals surface area contributed by atoms with Gasteiger partial charge in [0.1, 0.15) is 5.52 Å². The van der Waals surface area contributed by atoms with Gasteiger partial charge in [-0.15, -0.1) is 11.3 Å². The number of nitrogens with one attached hydrogen (secondary N) is 1. The number of aromatic amines is 1. The van der Waals surface area contributed by atoms with E-state index in [-0.39, 0.29) is 23.6 Å². The van der Waals surface area contributed by atoms with Crippen molar-refractivity contribution < 1.29 is 9.84 Å². The third kappa shape index (κ3) is 4.44. The van der Waals surface area contributed by atoms with Crippen LogP contribution in [0.1, 0.15) is 35.9 Å². The lowest BCUT2D eigenvalue weighted by atomic mass is 10.3. The minimum Gasteiger partial charge on any atom is -0.463 e. The lowest BCUT2D eigenvalue weighted by Crippen LogP contribution is -2.20. The molecule has 1 fully saturated rings. The van der Waals surface area contributed by atoms with Crippen LogP contribution in [0.2, 0.25) is 0 Å². The van der Waals surface area contributed by atoms with E-state index >= 15 is 0 Å². The number of nitrogens with zero attached hydrogens (tertiary/aromatic N) is 4. The quantitative estimate of drug-likeness (QED) is 0.475. The number of imidazole rings is 1. The number of fused-ring (bicyclic) bond motifs is 1. The number of hydrogen-bond donors (Lipinski definition) is 3. The van der Waals surface area contributed by atoms with Gasteiger partial charge in [0.25, 0.3) is 0 Å². The SMILES string of the molecule is CCCCOc1nc(N)c2[nH]c(=O)n(Cc3ccc(CN4CCC(O)C4)s3)c2n1. The van der Waals surface area contributed by atoms with Gasteiger partial charge in [-0.2, -0.15) is 9.97 Å². The van der Waals surface area contributed by atoms with E-state index in [1.807, 2.05) is 6.07 Å². The van der Waals surface area contributed by atoms with Gasteiger partial charge in [-0.25, -0.2) is 4.79 Å². The summed E-state index contributed by atoms with van der Waals surface area (Å²) in [5.74, 6) is 0.205. The molecule has 0 aliphatic carbocycles. The van der Waals surface area contributed by atoms with Crippen molar-refractivity contribution in [1.29, 1.82) is 0 Å². The summed E-state index contributed by atoms with van der Waals surface area (Å²) in [6.45, 7) is 5.42. The second-order valence-corrected chi connectivity index (χ2v) is 8.61. The number of rotatable bonds is 8. The van der Waals surface area contributed by atoms with E-state index in [2.05, 4.69) is 32.8 Å². The first-order valence-electron chi connectivity index (χ1n) is 9.90. The lowest BCUT2D eigenvalue weighted by molar-refractivity contribution is 0.175. The third-order valence-electron chi connectivity index (χ3n) is 5.02. The highest BCUT2D eigenvalue weighted by molar-refractivity contribution is 7.11. The number of aliphatic hydroxyl groups excluding tert-OH is 1. The molecule has 4 heterocycles. The van der Waals surface area contributed by atoms with Gasteiger partial charge >= 0.3 is 11.7 Å². The minimum atomic E-state index is -0.274. The highest BCUT2D eigenvalue weighted by Crippen LogP contribution is 2.23. The molecule has 0 saturated carbocycles. The highest BCUT2D eigenvalue weighted by Gasteiger charge is 2.21. The van der Waals surface area contributed by atoms with Crippen molar-refractivity contribution in [2.75, 3.05) is 25.4 Å². The van der Waals surface area contributed by atoms with Crippen LogP contribution in [-0.2, 0) is 13.1 Å². The molecule has 9 nitrogen and oxygen atoms in total. The molecule has 1 unspecified atom stereocenters. The van der Waals surface area contributed by atoms with Gasteiger partial charge < -0.3 is 20.6 Å². The van der Waals surface area contributed by atoms with Crippen LogP contribution in [-0.4, -0.2) is 55.3 Å². The molecule has 3 aromatic heterocycles. The van der Waals surface area contributed by atoms with Crippen molar-refractivity contribution >= 4 is 28.3 Å². The van der Waals surface area contributed by atoms with Crippen LogP contribution in [0, 0.1) is 0 Å². The Hall–Kier alpha value is -2.43. The molecule has 0 bridgehead atoms. The van der Waals surface area contributed by atoms with E-state index in [1.165, 1.54) is 4.88 Å². The maximum Gasteiger partial charge on any atom is 0.328 e. The van der Waals surface area contributed by atoms with Crippen molar-refractivity contribution in [1.82, 2.24) is 24.4 Å². The van der Waals surface area contributed by atoms with Gasteiger partial charge in [0.2, 0.25) is 0 Å². The summed E-state index contributed by atoms with van der Waals surface area (Å²) >= 11 is 1.66. The fourth-order valence-electron chi connectivity index (χ4n) is 3.47. The number of aromatic nitrogens is 4. The molecule has 0 radical (unpaired) electrons. The first-order chi connectivity index (χ1) is 14.0. The number of hydrogen-bond acceptors (Lipinski definition) is 8. The van der Waals surface area contributed by atoms with Gasteiger partial charge in [-0.1, -0.05) is 13.3 Å². The highest BCUT2D eigenvalue weighted by atomic mass is 32.1. The summed E-state index contributed by atoms with van der Waals surface area (Å²) in [7, 11) is 0. The molecule has 4 rings (SSSR count). The largest absolute Gasteiger partial charge is 0.463 e. The predicted octanol–water partition coefficient (Wildman–Crippen LogP) is 1.56. The second kappa shape index (κ2) is 8.52. The first-order valence-corrected chi connectivity index (χ1v) is 10.7. The Balaban J connectivity index is 1.54. The van der Waals surface area contributed by atoms with Gasteiger partial charge in [-0.3, -0.25) is 9.47 Å². The molecule has 29 heavy (non-hydrogen) atoms. The number of ether oxygens (including phenoxy) is 1. The number of thiophene rings is 1. The number of H-pyrrole nitrogens is 1. The molecule has 1 atom stereocenters. The van der Waals surface area contributed by atoms with E-state index < -0.39 is 0 Å². The zero-order chi connectivity index (χ0) is 20.4. The Kier molecular flexibility index (Phi) is 5.84. The molecule has 1 aliphatic rings. The fourth-order valence-corrected chi connectivity index (χ4v) is 4.52. The van der Waals surface area contributed by atoms with E-state index in [4.69, 9.17) is 10.5 Å². The van der Waals surface area contributed by atoms with Gasteiger partial charge in [0.15, 0.2) is 11.5 Å². The monoisotopic (exact) mass is 418 g/mol. The van der Waals surface area contributed by atoms with Crippen molar-refractivity contribution in [3.63, 3.8) is 0 Å². The van der Waals surface area contributed by atoms with Crippen LogP contribution in [0.4, 0.5) is 5.82 Å². The van der Waals surface area contributed by atoms with Crippen molar-refractivity contribution in [3.8, 4) is 6.01 Å². The van der Waals surface area contributed by atoms with Gasteiger partial charge in [0, 0.05) is 29.4 Å². The summed E-state index contributed by atoms with van der Waals surface area (Å²) in [6.07, 6.45) is 2.50. The zero-order valence-corrected chi connectivity index (χ0v) is 17.2. The minimum absolute atomic E-state index is 0.190. The summed E-state index contributed by atoms with van der Waals surface area (Å²) in [5.41, 5.74) is 6.61. The number of anilines is 1. The second-order valence-electron chi connectivity index (χ2n) is 7.35. The summed E-state index contributed by atoms with van der Waals surface area (Å²) in [4.78, 5) is 28.3. The predicted molar refractivity (Wildman–Crippen MR) is 112 cm³/mol. The summed E-state index contributed by atoms with van der Waals surface area (Å²) in [5, 5.41) is 9.69. The maximum absolute atomic E-state index is 12.5. The zero-order valence-electron chi connectivity index (χ0n) is 16.4. The molecular formula is C19H26N6O3S. The Morgan fingerprint density at radius 2 is 2.14 bits per heavy atom. The summed E-state index contributed by atoms with van der Waals surface area (Å²) < 4.78 is 7.15. The van der Waals surface area contributed by atoms with Crippen molar-refractivity contribution in [2.45, 2.75) is 45.4 Å². The normalized spacial score (nSPS) is 17.4. The molecule has 3 aromatic rings. The Morgan fingerprint density at radius 1 is 1.34 bits per heavy atom. The number of nitrogens with two attached hydrogens (primary N) is 1. The number of β-amino-alcohol motifs (C(OH)–C–C–N with tert-alkyl or cyclic N) is 1. The Morgan fingerprint density at radius 3 is 2.86 bits per heavy atom. The van der Waals surface area contributed by atoms with Crippen LogP contribution < -0.4 is 16.2 Å². The van der Waals surface area contributed by atoms with Gasteiger partial charge in [-0.05, 0) is 25.0 Å². The van der Waals surface area contributed by atoms with Crippen LogP contribution in [0.15, 0.2) is 16.9 Å². The third-order valence-corrected chi connectivity index (χ3v) is 6.07. The molecule has 156 valence electrons. The molecule has 10 heteroatoms. The summed E-state index contributed by atoms with van der Waals surface area (Å²) in [6, 6.07) is 4.30. The maximum atomic E-state index is 12.5. The molecule has 0 amide bonds. The van der Waals surface area contributed by atoms with E-state index in [1.54, 1.807) is 15.9 Å².